The summed E-state index contributed by atoms with van der Waals surface area (Å²) < 4.78 is 10.7. The molecule has 2 atom stereocenters. The van der Waals surface area contributed by atoms with Crippen molar-refractivity contribution in [2.45, 2.75) is 25.4 Å². The Kier molecular flexibility index (Phi) is 6.26. The number of carbonyl (C=O) groups is 2. The van der Waals surface area contributed by atoms with Crippen molar-refractivity contribution >= 4 is 23.6 Å². The average Bonchev–Trinajstić information content (AvgIpc) is 3.25. The van der Waals surface area contributed by atoms with E-state index in [2.05, 4.69) is 5.32 Å². The van der Waals surface area contributed by atoms with Crippen LogP contribution in [0.4, 0.5) is 0 Å². The molecular formula is C18H24N2O5S. The van der Waals surface area contributed by atoms with Gasteiger partial charge in [-0.1, -0.05) is 6.07 Å². The van der Waals surface area contributed by atoms with Gasteiger partial charge in [0, 0.05) is 19.5 Å². The molecule has 2 N–H and O–H groups in total. The highest BCUT2D eigenvalue weighted by atomic mass is 32.2. The van der Waals surface area contributed by atoms with E-state index in [1.165, 1.54) is 0 Å². The zero-order valence-corrected chi connectivity index (χ0v) is 15.6. The first-order chi connectivity index (χ1) is 12.6. The number of ether oxygens (including phenoxy) is 2. The van der Waals surface area contributed by atoms with Gasteiger partial charge in [0.1, 0.15) is 0 Å². The van der Waals surface area contributed by atoms with Crippen LogP contribution in [-0.4, -0.2) is 59.8 Å². The van der Waals surface area contributed by atoms with Crippen LogP contribution < -0.4 is 14.8 Å². The number of hydrogen-bond acceptors (Lipinski definition) is 6. The average molecular weight is 380 g/mol. The smallest absolute Gasteiger partial charge is 0.231 e. The van der Waals surface area contributed by atoms with Crippen molar-refractivity contribution in [3.63, 3.8) is 0 Å². The molecule has 2 aliphatic heterocycles. The number of likely N-dealkylation sites (tertiary alicyclic amines) is 1. The fourth-order valence-corrected chi connectivity index (χ4v) is 3.67. The van der Waals surface area contributed by atoms with E-state index in [4.69, 9.17) is 9.47 Å². The maximum Gasteiger partial charge on any atom is 0.231 e. The standard InChI is InChI=1S/C18H24N2O5S/c1-26-5-4-14(10-21)19-18(23)13-7-17(22)20(9-13)8-12-2-3-15-16(6-12)25-11-24-15/h2-3,6,13-14,21H,4-5,7-11H2,1H3,(H,19,23)/t13?,14-/m0/s1. The SMILES string of the molecule is CSCC[C@@H](CO)NC(=O)C1CC(=O)N(Cc2ccc3c(c2)OCO3)C1. The number of rotatable bonds is 8. The Bertz CT molecular complexity index is 669. The second kappa shape index (κ2) is 8.64. The first-order valence-corrected chi connectivity index (χ1v) is 10.1. The number of fused-ring (bicyclic) bond motifs is 1. The normalized spacial score (nSPS) is 19.7. The molecule has 1 aromatic rings. The van der Waals surface area contributed by atoms with Crippen LogP contribution in [0.2, 0.25) is 0 Å². The highest BCUT2D eigenvalue weighted by Crippen LogP contribution is 2.33. The Balaban J connectivity index is 1.55. The molecule has 1 aromatic carbocycles. The van der Waals surface area contributed by atoms with Gasteiger partial charge in [0.25, 0.3) is 0 Å². The van der Waals surface area contributed by atoms with Crippen molar-refractivity contribution in [1.82, 2.24) is 10.2 Å². The molecule has 0 spiro atoms. The van der Waals surface area contributed by atoms with Crippen molar-refractivity contribution in [2.24, 2.45) is 5.92 Å². The first-order valence-electron chi connectivity index (χ1n) is 8.67. The minimum absolute atomic E-state index is 0.0347. The summed E-state index contributed by atoms with van der Waals surface area (Å²) in [6.45, 7) is 0.953. The Labute approximate surface area is 157 Å². The van der Waals surface area contributed by atoms with Crippen molar-refractivity contribution in [3.8, 4) is 11.5 Å². The third-order valence-electron chi connectivity index (χ3n) is 4.63. The lowest BCUT2D eigenvalue weighted by Crippen LogP contribution is -2.42. The molecule has 0 saturated carbocycles. The fraction of sp³-hybridized carbons (Fsp3) is 0.556. The van der Waals surface area contributed by atoms with E-state index in [0.29, 0.717) is 31.0 Å². The number of hydrogen-bond donors (Lipinski definition) is 2. The van der Waals surface area contributed by atoms with Crippen LogP contribution in [0.1, 0.15) is 18.4 Å². The van der Waals surface area contributed by atoms with E-state index in [9.17, 15) is 14.7 Å². The van der Waals surface area contributed by atoms with Gasteiger partial charge in [-0.25, -0.2) is 0 Å². The molecule has 0 aromatic heterocycles. The number of carbonyl (C=O) groups excluding carboxylic acids is 2. The lowest BCUT2D eigenvalue weighted by molar-refractivity contribution is -0.129. The molecule has 1 unspecified atom stereocenters. The van der Waals surface area contributed by atoms with Gasteiger partial charge in [-0.2, -0.15) is 11.8 Å². The summed E-state index contributed by atoms with van der Waals surface area (Å²) in [5.41, 5.74) is 0.942. The molecule has 2 aliphatic rings. The summed E-state index contributed by atoms with van der Waals surface area (Å²) in [7, 11) is 0. The molecule has 1 saturated heterocycles. The number of nitrogens with one attached hydrogen (secondary N) is 1. The van der Waals surface area contributed by atoms with E-state index < -0.39 is 0 Å². The number of aliphatic hydroxyl groups excluding tert-OH is 1. The molecule has 2 amide bonds. The summed E-state index contributed by atoms with van der Waals surface area (Å²) in [5.74, 6) is 1.69. The largest absolute Gasteiger partial charge is 0.454 e. The van der Waals surface area contributed by atoms with Crippen LogP contribution in [-0.2, 0) is 16.1 Å². The van der Waals surface area contributed by atoms with Gasteiger partial charge >= 0.3 is 0 Å². The van der Waals surface area contributed by atoms with Crippen LogP contribution >= 0.6 is 11.8 Å². The Morgan fingerprint density at radius 2 is 2.23 bits per heavy atom. The number of benzene rings is 1. The predicted octanol–water partition coefficient (Wildman–Crippen LogP) is 0.994. The number of amides is 2. The molecule has 7 nitrogen and oxygen atoms in total. The number of thioether (sulfide) groups is 1. The van der Waals surface area contributed by atoms with Crippen molar-refractivity contribution in [3.05, 3.63) is 23.8 Å². The maximum atomic E-state index is 12.4. The quantitative estimate of drug-likeness (QED) is 0.699. The molecule has 0 aliphatic carbocycles. The van der Waals surface area contributed by atoms with Crippen LogP contribution in [0.15, 0.2) is 18.2 Å². The Hall–Kier alpha value is -1.93. The maximum absolute atomic E-state index is 12.4. The molecule has 8 heteroatoms. The molecular weight excluding hydrogens is 356 g/mol. The van der Waals surface area contributed by atoms with Gasteiger partial charge in [-0.05, 0) is 36.1 Å². The summed E-state index contributed by atoms with van der Waals surface area (Å²) in [6.07, 6.45) is 2.90. The first kappa shape index (κ1) is 18.8. The molecule has 0 bridgehead atoms. The second-order valence-electron chi connectivity index (χ2n) is 6.53. The van der Waals surface area contributed by atoms with Crippen LogP contribution in [0.5, 0.6) is 11.5 Å². The molecule has 2 heterocycles. The van der Waals surface area contributed by atoms with Crippen LogP contribution in [0, 0.1) is 5.92 Å². The third-order valence-corrected chi connectivity index (χ3v) is 5.28. The minimum atomic E-state index is -0.375. The van der Waals surface area contributed by atoms with Gasteiger partial charge in [-0.15, -0.1) is 0 Å². The summed E-state index contributed by atoms with van der Waals surface area (Å²) in [5, 5.41) is 12.3. The lowest BCUT2D eigenvalue weighted by atomic mass is 10.1. The van der Waals surface area contributed by atoms with Crippen molar-refractivity contribution < 1.29 is 24.2 Å². The van der Waals surface area contributed by atoms with E-state index in [1.807, 2.05) is 24.5 Å². The molecule has 0 radical (unpaired) electrons. The van der Waals surface area contributed by atoms with E-state index in [-0.39, 0.29) is 43.6 Å². The zero-order chi connectivity index (χ0) is 18.5. The summed E-state index contributed by atoms with van der Waals surface area (Å²) in [6, 6.07) is 5.35. The van der Waals surface area contributed by atoms with Gasteiger partial charge < -0.3 is 24.8 Å². The van der Waals surface area contributed by atoms with Crippen molar-refractivity contribution in [2.75, 3.05) is 32.0 Å². The van der Waals surface area contributed by atoms with Gasteiger partial charge in [0.05, 0.1) is 18.6 Å². The molecule has 1 fully saturated rings. The fourth-order valence-electron chi connectivity index (χ4n) is 3.15. The highest BCUT2D eigenvalue weighted by Gasteiger charge is 2.35. The topological polar surface area (TPSA) is 88.1 Å². The molecule has 142 valence electrons. The van der Waals surface area contributed by atoms with E-state index >= 15 is 0 Å². The number of aliphatic hydroxyl groups is 1. The minimum Gasteiger partial charge on any atom is -0.454 e. The molecule has 3 rings (SSSR count). The van der Waals surface area contributed by atoms with Crippen molar-refractivity contribution in [1.29, 1.82) is 0 Å². The van der Waals surface area contributed by atoms with Gasteiger partial charge in [0.15, 0.2) is 11.5 Å². The Morgan fingerprint density at radius 1 is 1.42 bits per heavy atom. The monoisotopic (exact) mass is 380 g/mol. The number of nitrogens with zero attached hydrogens (tertiary/aromatic N) is 1. The van der Waals surface area contributed by atoms with Gasteiger partial charge in [0.2, 0.25) is 18.6 Å². The lowest BCUT2D eigenvalue weighted by Gasteiger charge is -2.19. The van der Waals surface area contributed by atoms with E-state index in [0.717, 1.165) is 11.3 Å². The van der Waals surface area contributed by atoms with Crippen LogP contribution in [0.25, 0.3) is 0 Å². The molecule has 26 heavy (non-hydrogen) atoms. The Morgan fingerprint density at radius 3 is 3.00 bits per heavy atom. The summed E-state index contributed by atoms with van der Waals surface area (Å²) >= 11 is 1.67. The van der Waals surface area contributed by atoms with Gasteiger partial charge in [-0.3, -0.25) is 9.59 Å². The predicted molar refractivity (Wildman–Crippen MR) is 98.1 cm³/mol. The summed E-state index contributed by atoms with van der Waals surface area (Å²) in [4.78, 5) is 26.4. The highest BCUT2D eigenvalue weighted by molar-refractivity contribution is 7.98. The zero-order valence-electron chi connectivity index (χ0n) is 14.8. The third kappa shape index (κ3) is 4.42. The van der Waals surface area contributed by atoms with Crippen LogP contribution in [0.3, 0.4) is 0 Å². The van der Waals surface area contributed by atoms with E-state index in [1.54, 1.807) is 16.7 Å². The second-order valence-corrected chi connectivity index (χ2v) is 7.52.